The molecule has 0 N–H and O–H groups in total. The first-order valence-corrected chi connectivity index (χ1v) is 14.4. The van der Waals surface area contributed by atoms with E-state index in [9.17, 15) is 0 Å². The van der Waals surface area contributed by atoms with Crippen molar-refractivity contribution in [3.05, 3.63) is 79.7 Å². The second kappa shape index (κ2) is 8.07. The van der Waals surface area contributed by atoms with E-state index in [1.807, 2.05) is 0 Å². The first kappa shape index (κ1) is 24.3. The molecule has 0 nitrogen and oxygen atoms in total. The van der Waals surface area contributed by atoms with Gasteiger partial charge in [0.1, 0.15) is 0 Å². The van der Waals surface area contributed by atoms with Crippen molar-refractivity contribution in [2.45, 2.75) is 66.2 Å². The summed E-state index contributed by atoms with van der Waals surface area (Å²) >= 11 is 7.59. The van der Waals surface area contributed by atoms with E-state index in [-0.39, 0.29) is 10.8 Å². The molecule has 0 spiro atoms. The normalized spacial score (nSPS) is 16.9. The third-order valence-electron chi connectivity index (χ3n) is 9.13. The number of hydrogen-bond donors (Lipinski definition) is 0. The minimum absolute atomic E-state index is 0.0000842. The topological polar surface area (TPSA) is 0 Å². The Morgan fingerprint density at radius 3 is 1.03 bits per heavy atom. The summed E-state index contributed by atoms with van der Waals surface area (Å²) in [6, 6.07) is 19.1. The van der Waals surface area contributed by atoms with Crippen molar-refractivity contribution in [2.75, 3.05) is 0 Å². The Balaban J connectivity index is 1.94. The molecule has 178 valence electrons. The molecule has 0 unspecified atom stereocenters. The predicted octanol–water partition coefficient (Wildman–Crippen LogP) is 10.4. The SMILES string of the molecule is CC(C)C1(C(C)C)c2cc(Br)ccc2-c2cc3c(cc21)-c1ccc(Br)cc1C3(C(C)C)C(C)C. The zero-order valence-electron chi connectivity index (χ0n) is 21.7. The molecule has 0 saturated carbocycles. The summed E-state index contributed by atoms with van der Waals surface area (Å²) in [4.78, 5) is 0. The molecule has 3 aromatic rings. The molecule has 0 bridgehead atoms. The molecule has 0 atom stereocenters. The standard InChI is InChI=1S/C32H36Br2/c1-17(2)31(18(3)4)27-13-21(33)9-11-23(27)25-16-30-26(15-29(25)31)24-12-10-22(34)14-28(24)32(30,19(5)6)20(7)8/h9-20H,1-8H3. The molecule has 2 aliphatic carbocycles. The lowest BCUT2D eigenvalue weighted by Gasteiger charge is -2.42. The Hall–Kier alpha value is -1.38. The van der Waals surface area contributed by atoms with Gasteiger partial charge in [-0.3, -0.25) is 0 Å². The van der Waals surface area contributed by atoms with Crippen molar-refractivity contribution in [2.24, 2.45) is 23.7 Å². The zero-order chi connectivity index (χ0) is 24.7. The molecular weight excluding hydrogens is 544 g/mol. The highest BCUT2D eigenvalue weighted by atomic mass is 79.9. The molecule has 0 radical (unpaired) electrons. The molecule has 0 heterocycles. The van der Waals surface area contributed by atoms with Gasteiger partial charge in [0.05, 0.1) is 0 Å². The molecule has 0 aromatic heterocycles. The van der Waals surface area contributed by atoms with E-state index in [0.29, 0.717) is 23.7 Å². The van der Waals surface area contributed by atoms with Crippen LogP contribution in [-0.2, 0) is 10.8 Å². The van der Waals surface area contributed by atoms with E-state index in [4.69, 9.17) is 0 Å². The van der Waals surface area contributed by atoms with Gasteiger partial charge in [-0.05, 0) is 105 Å². The van der Waals surface area contributed by atoms with Crippen LogP contribution >= 0.6 is 31.9 Å². The van der Waals surface area contributed by atoms with Gasteiger partial charge < -0.3 is 0 Å². The van der Waals surface area contributed by atoms with E-state index in [1.165, 1.54) is 53.5 Å². The quantitative estimate of drug-likeness (QED) is 0.288. The van der Waals surface area contributed by atoms with E-state index in [2.05, 4.69) is 136 Å². The minimum atomic E-state index is -0.0000842. The summed E-state index contributed by atoms with van der Waals surface area (Å²) in [5, 5.41) is 0. The van der Waals surface area contributed by atoms with Crippen molar-refractivity contribution in [1.82, 2.24) is 0 Å². The molecule has 2 heteroatoms. The number of benzene rings is 3. The van der Waals surface area contributed by atoms with Gasteiger partial charge in [0.15, 0.2) is 0 Å². The van der Waals surface area contributed by atoms with Crippen LogP contribution in [0.1, 0.15) is 77.6 Å². The summed E-state index contributed by atoms with van der Waals surface area (Å²) < 4.78 is 2.34. The third kappa shape index (κ3) is 2.88. The second-order valence-corrected chi connectivity index (χ2v) is 13.5. The lowest BCUT2D eigenvalue weighted by atomic mass is 9.61. The van der Waals surface area contributed by atoms with Gasteiger partial charge in [0, 0.05) is 19.8 Å². The Kier molecular flexibility index (Phi) is 5.77. The van der Waals surface area contributed by atoms with Gasteiger partial charge in [-0.2, -0.15) is 0 Å². The van der Waals surface area contributed by atoms with Crippen LogP contribution in [0.15, 0.2) is 57.5 Å². The third-order valence-corrected chi connectivity index (χ3v) is 10.1. The van der Waals surface area contributed by atoms with Crippen LogP contribution in [0.3, 0.4) is 0 Å². The van der Waals surface area contributed by atoms with E-state index < -0.39 is 0 Å². The number of fused-ring (bicyclic) bond motifs is 6. The highest BCUT2D eigenvalue weighted by molar-refractivity contribution is 9.10. The van der Waals surface area contributed by atoms with Crippen LogP contribution in [0.4, 0.5) is 0 Å². The van der Waals surface area contributed by atoms with Crippen LogP contribution in [-0.4, -0.2) is 0 Å². The van der Waals surface area contributed by atoms with Gasteiger partial charge >= 0.3 is 0 Å². The summed E-state index contributed by atoms with van der Waals surface area (Å²) in [7, 11) is 0. The van der Waals surface area contributed by atoms with Gasteiger partial charge in [0.2, 0.25) is 0 Å². The maximum atomic E-state index is 3.79. The van der Waals surface area contributed by atoms with Crippen molar-refractivity contribution >= 4 is 31.9 Å². The van der Waals surface area contributed by atoms with Crippen molar-refractivity contribution in [1.29, 1.82) is 0 Å². The Labute approximate surface area is 222 Å². The first-order chi connectivity index (χ1) is 16.0. The average Bonchev–Trinajstić information content (AvgIpc) is 3.19. The molecule has 3 aromatic carbocycles. The molecular formula is C32H36Br2. The van der Waals surface area contributed by atoms with E-state index in [1.54, 1.807) is 0 Å². The highest BCUT2D eigenvalue weighted by Crippen LogP contribution is 2.63. The van der Waals surface area contributed by atoms with Crippen molar-refractivity contribution in [3.63, 3.8) is 0 Å². The number of halogens is 2. The molecule has 34 heavy (non-hydrogen) atoms. The van der Waals surface area contributed by atoms with E-state index in [0.717, 1.165) is 0 Å². The molecule has 0 fully saturated rings. The highest BCUT2D eigenvalue weighted by Gasteiger charge is 2.52. The van der Waals surface area contributed by atoms with Crippen LogP contribution in [0.2, 0.25) is 0 Å². The summed E-state index contributed by atoms with van der Waals surface area (Å²) in [5.74, 6) is 1.97. The van der Waals surface area contributed by atoms with Crippen LogP contribution < -0.4 is 0 Å². The maximum Gasteiger partial charge on any atom is 0.0261 e. The van der Waals surface area contributed by atoms with Gasteiger partial charge in [-0.15, -0.1) is 0 Å². The zero-order valence-corrected chi connectivity index (χ0v) is 24.9. The smallest absolute Gasteiger partial charge is 0.0261 e. The lowest BCUT2D eigenvalue weighted by molar-refractivity contribution is 0.277. The second-order valence-electron chi connectivity index (χ2n) is 11.7. The number of rotatable bonds is 4. The van der Waals surface area contributed by atoms with Gasteiger partial charge in [0.25, 0.3) is 0 Å². The Morgan fingerprint density at radius 1 is 0.441 bits per heavy atom. The maximum absolute atomic E-state index is 3.79. The summed E-state index contributed by atoms with van der Waals surface area (Å²) in [5.41, 5.74) is 11.7. The van der Waals surface area contributed by atoms with E-state index >= 15 is 0 Å². The van der Waals surface area contributed by atoms with Gasteiger partial charge in [-0.1, -0.05) is 99.4 Å². The Bertz CT molecular complexity index is 1180. The largest absolute Gasteiger partial charge is 0.0616 e. The average molecular weight is 580 g/mol. The first-order valence-electron chi connectivity index (χ1n) is 12.8. The van der Waals surface area contributed by atoms with Crippen molar-refractivity contribution in [3.8, 4) is 22.3 Å². The fourth-order valence-electron chi connectivity index (χ4n) is 8.03. The molecule has 0 saturated heterocycles. The minimum Gasteiger partial charge on any atom is -0.0616 e. The summed E-state index contributed by atoms with van der Waals surface area (Å²) in [6.07, 6.45) is 0. The van der Waals surface area contributed by atoms with Crippen LogP contribution in [0.5, 0.6) is 0 Å². The lowest BCUT2D eigenvalue weighted by Crippen LogP contribution is -2.38. The predicted molar refractivity (Wildman–Crippen MR) is 154 cm³/mol. The van der Waals surface area contributed by atoms with Crippen LogP contribution in [0, 0.1) is 23.7 Å². The summed E-state index contributed by atoms with van der Waals surface area (Å²) in [6.45, 7) is 19.3. The monoisotopic (exact) mass is 578 g/mol. The van der Waals surface area contributed by atoms with Crippen LogP contribution in [0.25, 0.3) is 22.3 Å². The molecule has 2 aliphatic rings. The fourth-order valence-corrected chi connectivity index (χ4v) is 8.75. The molecule has 5 rings (SSSR count). The fraction of sp³-hybridized carbons (Fsp3) is 0.438. The number of hydrogen-bond acceptors (Lipinski definition) is 0. The van der Waals surface area contributed by atoms with Crippen molar-refractivity contribution < 1.29 is 0 Å². The molecule has 0 aliphatic heterocycles. The van der Waals surface area contributed by atoms with Gasteiger partial charge in [-0.25, -0.2) is 0 Å². The molecule has 0 amide bonds. The Morgan fingerprint density at radius 2 is 0.735 bits per heavy atom.